The molecule has 0 spiro atoms. The zero-order valence-corrected chi connectivity index (χ0v) is 23.0. The molecule has 216 valence electrons. The van der Waals surface area contributed by atoms with E-state index in [4.69, 9.17) is 15.5 Å². The lowest BCUT2D eigenvalue weighted by Crippen LogP contribution is -2.47. The summed E-state index contributed by atoms with van der Waals surface area (Å²) < 4.78 is 45.1. The fraction of sp³-hybridized carbons (Fsp3) is 0.276. The highest BCUT2D eigenvalue weighted by molar-refractivity contribution is 6.16. The van der Waals surface area contributed by atoms with Gasteiger partial charge in [0.05, 0.1) is 18.4 Å². The molecule has 0 radical (unpaired) electrons. The molecule has 0 unspecified atom stereocenters. The first kappa shape index (κ1) is 29.4. The zero-order valence-electron chi connectivity index (χ0n) is 23.0. The summed E-state index contributed by atoms with van der Waals surface area (Å²) in [5, 5.41) is 5.65. The Morgan fingerprint density at radius 2 is 1.85 bits per heavy atom. The van der Waals surface area contributed by atoms with Gasteiger partial charge in [0.25, 0.3) is 5.91 Å². The van der Waals surface area contributed by atoms with Crippen LogP contribution in [0.3, 0.4) is 0 Å². The highest BCUT2D eigenvalue weighted by Gasteiger charge is 2.34. The smallest absolute Gasteiger partial charge is 0.420 e. The lowest BCUT2D eigenvalue weighted by molar-refractivity contribution is -0.138. The largest absolute Gasteiger partial charge is 0.496 e. The third-order valence-corrected chi connectivity index (χ3v) is 6.70. The number of nitrogens with two attached hydrogens (primary N) is 1. The number of nitrogens with zero attached hydrogens (tertiary/aromatic N) is 4. The van der Waals surface area contributed by atoms with Crippen LogP contribution >= 0.6 is 0 Å². The van der Waals surface area contributed by atoms with Gasteiger partial charge in [0.2, 0.25) is 0 Å². The summed E-state index contributed by atoms with van der Waals surface area (Å²) in [5.41, 5.74) is 7.94. The van der Waals surface area contributed by atoms with Gasteiger partial charge in [-0.3, -0.25) is 9.79 Å². The summed E-state index contributed by atoms with van der Waals surface area (Å²) >= 11 is 0. The topological polar surface area (TPSA) is 108 Å². The number of anilines is 2. The lowest BCUT2D eigenvalue weighted by Gasteiger charge is -2.34. The maximum Gasteiger partial charge on any atom is 0.420 e. The van der Waals surface area contributed by atoms with Crippen molar-refractivity contribution in [3.63, 3.8) is 0 Å². The van der Waals surface area contributed by atoms with Crippen molar-refractivity contribution in [3.8, 4) is 5.75 Å². The normalized spacial score (nSPS) is 18.1. The minimum atomic E-state index is -4.65. The van der Waals surface area contributed by atoms with Crippen LogP contribution in [0.5, 0.6) is 5.75 Å². The molecule has 2 heterocycles. The number of dihydropyridines is 1. The Kier molecular flexibility index (Phi) is 8.82. The average molecular weight is 568 g/mol. The number of ether oxygens (including phenoxy) is 1. The van der Waals surface area contributed by atoms with Crippen molar-refractivity contribution in [2.75, 3.05) is 51.0 Å². The Hall–Kier alpha value is -4.58. The Labute approximate surface area is 236 Å². The standard InChI is InChI=1S/C29H32F3N7O2/c1-5-34-22-9-11-25(39-14-12-38(3)13-15-39)37-26(22)27(33)36-23-16-19(7-6-18(23)2)28(40)35-20-8-10-24(41-4)21(17-20)29(30,31)32/h5-11,16-17,36H,1,12-15,33H2,2-4H3,(H,35,40)/b27-26-,34-22-. The molecule has 1 amide bonds. The third-order valence-electron chi connectivity index (χ3n) is 6.70. The summed E-state index contributed by atoms with van der Waals surface area (Å²) in [4.78, 5) is 26.5. The number of carbonyl (C=O) groups excluding carboxylic acids is 1. The van der Waals surface area contributed by atoms with Gasteiger partial charge in [0.1, 0.15) is 23.1 Å². The number of carbonyl (C=O) groups is 1. The number of alkyl halides is 3. The quantitative estimate of drug-likeness (QED) is 0.471. The second kappa shape index (κ2) is 12.3. The van der Waals surface area contributed by atoms with E-state index >= 15 is 0 Å². The van der Waals surface area contributed by atoms with Gasteiger partial charge < -0.3 is 30.9 Å². The fourth-order valence-corrected chi connectivity index (χ4v) is 4.37. The Balaban J connectivity index is 1.59. The number of hydrogen-bond acceptors (Lipinski definition) is 8. The van der Waals surface area contributed by atoms with Crippen molar-refractivity contribution in [1.29, 1.82) is 0 Å². The van der Waals surface area contributed by atoms with Crippen molar-refractivity contribution in [1.82, 2.24) is 9.80 Å². The van der Waals surface area contributed by atoms with E-state index in [1.165, 1.54) is 12.3 Å². The van der Waals surface area contributed by atoms with E-state index in [9.17, 15) is 18.0 Å². The van der Waals surface area contributed by atoms with Crippen molar-refractivity contribution in [2.24, 2.45) is 15.7 Å². The molecule has 2 aliphatic rings. The van der Waals surface area contributed by atoms with Crippen LogP contribution in [0.25, 0.3) is 0 Å². The summed E-state index contributed by atoms with van der Waals surface area (Å²) in [6.07, 6.45) is 0.479. The van der Waals surface area contributed by atoms with Crippen LogP contribution in [0.2, 0.25) is 0 Å². The lowest BCUT2D eigenvalue weighted by atomic mass is 10.1. The molecule has 4 rings (SSSR count). The molecule has 0 aliphatic carbocycles. The maximum atomic E-state index is 13.4. The molecule has 4 N–H and O–H groups in total. The number of allylic oxidation sites excluding steroid dienone is 1. The monoisotopic (exact) mass is 567 g/mol. The molecule has 2 aliphatic heterocycles. The number of hydrogen-bond donors (Lipinski definition) is 3. The van der Waals surface area contributed by atoms with Gasteiger partial charge in [0, 0.05) is 49.3 Å². The predicted octanol–water partition coefficient (Wildman–Crippen LogP) is 4.61. The molecule has 1 saturated heterocycles. The molecule has 0 saturated carbocycles. The van der Waals surface area contributed by atoms with Crippen molar-refractivity contribution >= 4 is 28.8 Å². The molecule has 9 nitrogen and oxygen atoms in total. The van der Waals surface area contributed by atoms with E-state index < -0.39 is 17.6 Å². The number of amides is 1. The van der Waals surface area contributed by atoms with Gasteiger partial charge in [-0.1, -0.05) is 12.6 Å². The number of piperazine rings is 1. The van der Waals surface area contributed by atoms with E-state index in [2.05, 4.69) is 39.1 Å². The molecular formula is C29H32F3N7O2. The number of nitrogens with one attached hydrogen (secondary N) is 2. The second-order valence-corrected chi connectivity index (χ2v) is 9.57. The number of rotatable bonds is 6. The zero-order chi connectivity index (χ0) is 29.7. The van der Waals surface area contributed by atoms with Crippen LogP contribution in [-0.2, 0) is 6.18 Å². The average Bonchev–Trinajstić information content (AvgIpc) is 2.94. The predicted molar refractivity (Wildman–Crippen MR) is 155 cm³/mol. The summed E-state index contributed by atoms with van der Waals surface area (Å²) in [5.74, 6) is 0.0503. The number of aryl methyl sites for hydroxylation is 1. The first-order chi connectivity index (χ1) is 19.5. The van der Waals surface area contributed by atoms with E-state index in [1.807, 2.05) is 19.1 Å². The van der Waals surface area contributed by atoms with E-state index in [0.717, 1.165) is 56.8 Å². The van der Waals surface area contributed by atoms with Gasteiger partial charge in [-0.05, 0) is 62.0 Å². The Bertz CT molecular complexity index is 1450. The first-order valence-electron chi connectivity index (χ1n) is 12.8. The van der Waals surface area contributed by atoms with Crippen LogP contribution in [0.15, 0.2) is 82.8 Å². The molecular weight excluding hydrogens is 535 g/mol. The van der Waals surface area contributed by atoms with E-state index in [-0.39, 0.29) is 22.8 Å². The van der Waals surface area contributed by atoms with Gasteiger partial charge in [-0.25, -0.2) is 4.99 Å². The summed E-state index contributed by atoms with van der Waals surface area (Å²) in [7, 11) is 3.23. The highest BCUT2D eigenvalue weighted by atomic mass is 19.4. The van der Waals surface area contributed by atoms with Crippen LogP contribution in [0.4, 0.5) is 24.5 Å². The van der Waals surface area contributed by atoms with E-state index in [0.29, 0.717) is 17.1 Å². The molecule has 1 fully saturated rings. The molecule has 0 bridgehead atoms. The molecule has 2 aromatic carbocycles. The van der Waals surface area contributed by atoms with Gasteiger partial charge in [0.15, 0.2) is 0 Å². The van der Waals surface area contributed by atoms with Crippen LogP contribution in [-0.4, -0.2) is 67.6 Å². The van der Waals surface area contributed by atoms with Gasteiger partial charge in [-0.15, -0.1) is 0 Å². The second-order valence-electron chi connectivity index (χ2n) is 9.57. The minimum Gasteiger partial charge on any atom is -0.496 e. The number of halogens is 3. The van der Waals surface area contributed by atoms with Crippen LogP contribution in [0.1, 0.15) is 21.5 Å². The van der Waals surface area contributed by atoms with Crippen LogP contribution < -0.4 is 21.1 Å². The number of likely N-dealkylation sites (N-methyl/N-ethyl adjacent to an activating group) is 1. The first-order valence-corrected chi connectivity index (χ1v) is 12.8. The fourth-order valence-electron chi connectivity index (χ4n) is 4.37. The summed E-state index contributed by atoms with van der Waals surface area (Å²) in [6, 6.07) is 8.19. The number of aliphatic imine (C=N–C) groups is 2. The molecule has 0 atom stereocenters. The van der Waals surface area contributed by atoms with E-state index in [1.54, 1.807) is 18.2 Å². The molecule has 0 aromatic heterocycles. The number of methoxy groups -OCH3 is 1. The Morgan fingerprint density at radius 1 is 1.12 bits per heavy atom. The maximum absolute atomic E-state index is 13.4. The van der Waals surface area contributed by atoms with Crippen molar-refractivity contribution in [3.05, 3.63) is 89.5 Å². The highest BCUT2D eigenvalue weighted by Crippen LogP contribution is 2.37. The van der Waals surface area contributed by atoms with Gasteiger partial charge >= 0.3 is 6.18 Å². The SMILES string of the molecule is C=C/N=C1/C=CC(N2CCN(C)CC2)=N/C1=C(/N)Nc1cc(C(=O)Nc2ccc(OC)c(C(F)(F)F)c2)ccc1C. The molecule has 12 heteroatoms. The third kappa shape index (κ3) is 6.95. The summed E-state index contributed by atoms with van der Waals surface area (Å²) in [6.45, 7) is 8.98. The minimum absolute atomic E-state index is 0.0233. The molecule has 41 heavy (non-hydrogen) atoms. The van der Waals surface area contributed by atoms with Gasteiger partial charge in [-0.2, -0.15) is 13.2 Å². The van der Waals surface area contributed by atoms with Crippen molar-refractivity contribution < 1.29 is 22.7 Å². The number of benzene rings is 2. The molecule has 2 aromatic rings. The number of amidine groups is 1. The van der Waals surface area contributed by atoms with Crippen LogP contribution in [0, 0.1) is 6.92 Å². The van der Waals surface area contributed by atoms with Crippen molar-refractivity contribution in [2.45, 2.75) is 13.1 Å². The Morgan fingerprint density at radius 3 is 2.51 bits per heavy atom.